The fourth-order valence-corrected chi connectivity index (χ4v) is 4.22. The number of pyridine rings is 1. The first kappa shape index (κ1) is 17.9. The highest BCUT2D eigenvalue weighted by Crippen LogP contribution is 2.50. The van der Waals surface area contributed by atoms with Gasteiger partial charge >= 0.3 is 6.18 Å². The first-order chi connectivity index (χ1) is 12.9. The zero-order valence-electron chi connectivity index (χ0n) is 15.1. The maximum absolute atomic E-state index is 13.9. The lowest BCUT2D eigenvalue weighted by Crippen LogP contribution is -2.42. The van der Waals surface area contributed by atoms with E-state index in [-0.39, 0.29) is 12.0 Å². The number of hydrogen-bond donors (Lipinski definition) is 2. The van der Waals surface area contributed by atoms with Crippen molar-refractivity contribution < 1.29 is 17.9 Å². The van der Waals surface area contributed by atoms with Crippen molar-refractivity contribution in [3.63, 3.8) is 0 Å². The maximum Gasteiger partial charge on any atom is 0.418 e. The Bertz CT molecular complexity index is 855. The van der Waals surface area contributed by atoms with Crippen molar-refractivity contribution in [2.75, 3.05) is 37.5 Å². The fraction of sp³-hybridized carbons (Fsp3) is 0.421. The minimum Gasteiger partial charge on any atom is -0.480 e. The molecule has 0 radical (unpaired) electrons. The Morgan fingerprint density at radius 3 is 2.89 bits per heavy atom. The van der Waals surface area contributed by atoms with Gasteiger partial charge in [-0.2, -0.15) is 13.2 Å². The Morgan fingerprint density at radius 2 is 2.15 bits per heavy atom. The van der Waals surface area contributed by atoms with E-state index in [1.54, 1.807) is 30.3 Å². The van der Waals surface area contributed by atoms with E-state index >= 15 is 0 Å². The monoisotopic (exact) mass is 378 g/mol. The second-order valence-electron chi connectivity index (χ2n) is 6.92. The number of likely N-dealkylation sites (N-methyl/N-ethyl adjacent to an activating group) is 1. The molecule has 1 aromatic heterocycles. The summed E-state index contributed by atoms with van der Waals surface area (Å²) in [5.74, 6) is 0.373. The van der Waals surface area contributed by atoms with Crippen LogP contribution in [0.15, 0.2) is 30.5 Å². The van der Waals surface area contributed by atoms with E-state index in [0.717, 1.165) is 18.5 Å². The SMILES string of the molecule is COc1ncccc1Nc1cc2c(c(C(F)(F)F)c1)N(C)[C@H]1CCNC[C@@H]21. The van der Waals surface area contributed by atoms with Crippen molar-refractivity contribution in [3.05, 3.63) is 41.6 Å². The number of anilines is 3. The molecule has 0 bridgehead atoms. The standard InChI is InChI=1S/C19H21F3N4O/c1-26-16-5-7-23-10-13(16)12-8-11(9-14(17(12)26)19(20,21)22)25-15-4-3-6-24-18(15)27-2/h3-4,6,8-9,13,16,23,25H,5,7,10H2,1-2H3/t13-,16-/m0/s1. The molecule has 5 nitrogen and oxygen atoms in total. The lowest BCUT2D eigenvalue weighted by Gasteiger charge is -2.31. The van der Waals surface area contributed by atoms with Crippen LogP contribution in [0.3, 0.4) is 0 Å². The van der Waals surface area contributed by atoms with Gasteiger partial charge in [0.05, 0.1) is 18.4 Å². The van der Waals surface area contributed by atoms with Gasteiger partial charge in [0.15, 0.2) is 0 Å². The van der Waals surface area contributed by atoms with Gasteiger partial charge < -0.3 is 20.3 Å². The molecular weight excluding hydrogens is 357 g/mol. The third-order valence-corrected chi connectivity index (χ3v) is 5.38. The third kappa shape index (κ3) is 3.07. The van der Waals surface area contributed by atoms with Crippen LogP contribution in [-0.2, 0) is 6.18 Å². The summed E-state index contributed by atoms with van der Waals surface area (Å²) in [6, 6.07) is 6.52. The molecule has 0 saturated carbocycles. The molecule has 1 aromatic carbocycles. The van der Waals surface area contributed by atoms with Crippen LogP contribution in [0.4, 0.5) is 30.2 Å². The summed E-state index contributed by atoms with van der Waals surface area (Å²) in [7, 11) is 3.24. The van der Waals surface area contributed by atoms with Crippen LogP contribution in [0.1, 0.15) is 23.5 Å². The molecule has 8 heteroatoms. The molecule has 2 aliphatic rings. The molecule has 1 fully saturated rings. The number of nitrogens with zero attached hydrogens (tertiary/aromatic N) is 2. The Labute approximate surface area is 155 Å². The highest BCUT2D eigenvalue weighted by Gasteiger charge is 2.45. The highest BCUT2D eigenvalue weighted by molar-refractivity contribution is 5.75. The normalized spacial score (nSPS) is 21.6. The van der Waals surface area contributed by atoms with Crippen molar-refractivity contribution in [3.8, 4) is 5.88 Å². The van der Waals surface area contributed by atoms with E-state index in [1.807, 2.05) is 6.07 Å². The second-order valence-corrected chi connectivity index (χ2v) is 6.92. The summed E-state index contributed by atoms with van der Waals surface area (Å²) in [4.78, 5) is 5.89. The van der Waals surface area contributed by atoms with Crippen LogP contribution >= 0.6 is 0 Å². The van der Waals surface area contributed by atoms with E-state index in [9.17, 15) is 13.2 Å². The van der Waals surface area contributed by atoms with Gasteiger partial charge in [-0.25, -0.2) is 4.98 Å². The second kappa shape index (κ2) is 6.60. The van der Waals surface area contributed by atoms with Gasteiger partial charge in [0.1, 0.15) is 5.69 Å². The van der Waals surface area contributed by atoms with Crippen molar-refractivity contribution in [2.24, 2.45) is 0 Å². The number of nitrogens with one attached hydrogen (secondary N) is 2. The lowest BCUT2D eigenvalue weighted by atomic mass is 9.89. The first-order valence-corrected chi connectivity index (χ1v) is 8.85. The Morgan fingerprint density at radius 1 is 1.33 bits per heavy atom. The molecule has 2 aliphatic heterocycles. The molecule has 27 heavy (non-hydrogen) atoms. The average Bonchev–Trinajstić information content (AvgIpc) is 2.94. The van der Waals surface area contributed by atoms with Crippen LogP contribution in [0, 0.1) is 0 Å². The summed E-state index contributed by atoms with van der Waals surface area (Å²) in [6.45, 7) is 1.50. The number of methoxy groups -OCH3 is 1. The summed E-state index contributed by atoms with van der Waals surface area (Å²) in [6.07, 6.45) is -2.04. The molecule has 2 N–H and O–H groups in total. The van der Waals surface area contributed by atoms with Crippen LogP contribution in [0.25, 0.3) is 0 Å². The third-order valence-electron chi connectivity index (χ3n) is 5.38. The summed E-state index contributed by atoms with van der Waals surface area (Å²) in [5.41, 5.74) is 1.33. The summed E-state index contributed by atoms with van der Waals surface area (Å²) >= 11 is 0. The number of alkyl halides is 3. The van der Waals surface area contributed by atoms with E-state index in [0.29, 0.717) is 29.5 Å². The summed E-state index contributed by atoms with van der Waals surface area (Å²) < 4.78 is 46.8. The van der Waals surface area contributed by atoms with Crippen LogP contribution < -0.4 is 20.3 Å². The molecule has 3 heterocycles. The molecule has 2 aromatic rings. The molecule has 1 saturated heterocycles. The van der Waals surface area contributed by atoms with E-state index in [2.05, 4.69) is 15.6 Å². The number of piperidine rings is 1. The summed E-state index contributed by atoms with van der Waals surface area (Å²) in [5, 5.41) is 6.35. The number of hydrogen-bond acceptors (Lipinski definition) is 5. The van der Waals surface area contributed by atoms with Crippen LogP contribution in [0.2, 0.25) is 0 Å². The highest BCUT2D eigenvalue weighted by atomic mass is 19.4. The largest absolute Gasteiger partial charge is 0.480 e. The Kier molecular flexibility index (Phi) is 4.38. The van der Waals surface area contributed by atoms with Crippen molar-refractivity contribution >= 4 is 17.1 Å². The van der Waals surface area contributed by atoms with Gasteiger partial charge in [0, 0.05) is 37.4 Å². The molecule has 0 amide bonds. The molecule has 144 valence electrons. The molecular formula is C19H21F3N4O. The van der Waals surface area contributed by atoms with Crippen LogP contribution in [-0.4, -0.2) is 38.3 Å². The molecule has 2 atom stereocenters. The number of aromatic nitrogens is 1. The number of ether oxygens (including phenoxy) is 1. The minimum atomic E-state index is -4.43. The first-order valence-electron chi connectivity index (χ1n) is 8.85. The topological polar surface area (TPSA) is 49.4 Å². The van der Waals surface area contributed by atoms with Gasteiger partial charge in [0.2, 0.25) is 5.88 Å². The van der Waals surface area contributed by atoms with Crippen molar-refractivity contribution in [2.45, 2.75) is 24.6 Å². The maximum atomic E-state index is 13.9. The van der Waals surface area contributed by atoms with Crippen LogP contribution in [0.5, 0.6) is 5.88 Å². The zero-order valence-corrected chi connectivity index (χ0v) is 15.1. The average molecular weight is 378 g/mol. The minimum absolute atomic E-state index is 0.0393. The van der Waals surface area contributed by atoms with E-state index in [1.165, 1.54) is 13.2 Å². The van der Waals surface area contributed by atoms with Gasteiger partial charge in [-0.15, -0.1) is 0 Å². The molecule has 0 unspecified atom stereocenters. The molecule has 0 spiro atoms. The number of halogens is 3. The van der Waals surface area contributed by atoms with Crippen molar-refractivity contribution in [1.29, 1.82) is 0 Å². The van der Waals surface area contributed by atoms with Gasteiger partial charge in [-0.3, -0.25) is 0 Å². The quantitative estimate of drug-likeness (QED) is 0.852. The predicted octanol–water partition coefficient (Wildman–Crippen LogP) is 3.75. The van der Waals surface area contributed by atoms with Crippen molar-refractivity contribution in [1.82, 2.24) is 10.3 Å². The van der Waals surface area contributed by atoms with Gasteiger partial charge in [-0.1, -0.05) is 0 Å². The smallest absolute Gasteiger partial charge is 0.418 e. The fourth-order valence-electron chi connectivity index (χ4n) is 4.22. The predicted molar refractivity (Wildman–Crippen MR) is 97.9 cm³/mol. The molecule has 0 aliphatic carbocycles. The number of benzene rings is 1. The Hall–Kier alpha value is -2.48. The Balaban J connectivity index is 1.81. The number of rotatable bonds is 3. The zero-order chi connectivity index (χ0) is 19.2. The van der Waals surface area contributed by atoms with Gasteiger partial charge in [0.25, 0.3) is 0 Å². The molecule has 4 rings (SSSR count). The van der Waals surface area contributed by atoms with E-state index in [4.69, 9.17) is 4.74 Å². The van der Waals surface area contributed by atoms with Gasteiger partial charge in [-0.05, 0) is 42.8 Å². The van der Waals surface area contributed by atoms with E-state index < -0.39 is 11.7 Å². The lowest BCUT2D eigenvalue weighted by molar-refractivity contribution is -0.137. The number of fused-ring (bicyclic) bond motifs is 3.